The van der Waals surface area contributed by atoms with Gasteiger partial charge in [-0.3, -0.25) is 4.98 Å². The number of hydrogen-bond donors (Lipinski definition) is 1. The van der Waals surface area contributed by atoms with Crippen molar-refractivity contribution in [2.45, 2.75) is 19.1 Å². The second kappa shape index (κ2) is 8.13. The topological polar surface area (TPSA) is 64.5 Å². The van der Waals surface area contributed by atoms with Gasteiger partial charge in [-0.2, -0.15) is 0 Å². The minimum Gasteiger partial charge on any atom is -0.493 e. The zero-order valence-corrected chi connectivity index (χ0v) is 16.4. The molecule has 0 saturated carbocycles. The highest BCUT2D eigenvalue weighted by Gasteiger charge is 2.30. The van der Waals surface area contributed by atoms with Crippen molar-refractivity contribution in [1.29, 1.82) is 0 Å². The maximum absolute atomic E-state index is 10.9. The van der Waals surface area contributed by atoms with Gasteiger partial charge < -0.3 is 14.6 Å². The molecule has 3 heterocycles. The Hall–Kier alpha value is -3.44. The number of fused-ring (bicyclic) bond motifs is 2. The third-order valence-electron chi connectivity index (χ3n) is 5.44. The molecule has 5 rings (SSSR count). The molecule has 150 valence electrons. The molecule has 2 aromatic carbocycles. The molecule has 0 radical (unpaired) electrons. The first-order valence-electron chi connectivity index (χ1n) is 10.1. The van der Waals surface area contributed by atoms with E-state index in [9.17, 15) is 5.11 Å². The number of ether oxygens (including phenoxy) is 2. The van der Waals surface area contributed by atoms with Gasteiger partial charge in [-0.1, -0.05) is 30.3 Å². The van der Waals surface area contributed by atoms with Crippen molar-refractivity contribution >= 4 is 10.9 Å². The maximum Gasteiger partial charge on any atom is 0.130 e. The van der Waals surface area contributed by atoms with Crippen LogP contribution in [-0.2, 0) is 13.0 Å². The van der Waals surface area contributed by atoms with E-state index in [-0.39, 0.29) is 5.92 Å². The van der Waals surface area contributed by atoms with E-state index in [4.69, 9.17) is 9.47 Å². The SMILES string of the molecule is OC1c2cc(OCc3ccc4ccccc4n3)ccc2OCC1Cc1ccccn1. The molecule has 0 bridgehead atoms. The highest BCUT2D eigenvalue weighted by molar-refractivity contribution is 5.78. The van der Waals surface area contributed by atoms with Crippen LogP contribution in [0.2, 0.25) is 0 Å². The van der Waals surface area contributed by atoms with Crippen molar-refractivity contribution in [3.63, 3.8) is 0 Å². The molecular formula is C25H22N2O3. The number of hydrogen-bond acceptors (Lipinski definition) is 5. The van der Waals surface area contributed by atoms with Gasteiger partial charge in [0.1, 0.15) is 18.1 Å². The fourth-order valence-electron chi connectivity index (χ4n) is 3.82. The van der Waals surface area contributed by atoms with Crippen LogP contribution in [0.5, 0.6) is 11.5 Å². The molecule has 2 atom stereocenters. The lowest BCUT2D eigenvalue weighted by atomic mass is 9.89. The lowest BCUT2D eigenvalue weighted by Crippen LogP contribution is -2.28. The van der Waals surface area contributed by atoms with E-state index in [1.807, 2.05) is 72.8 Å². The summed E-state index contributed by atoms with van der Waals surface area (Å²) in [5.74, 6) is 1.34. The summed E-state index contributed by atoms with van der Waals surface area (Å²) in [6.45, 7) is 0.823. The Bertz CT molecular complexity index is 1160. The smallest absolute Gasteiger partial charge is 0.130 e. The highest BCUT2D eigenvalue weighted by Crippen LogP contribution is 2.38. The number of aliphatic hydroxyl groups excluding tert-OH is 1. The van der Waals surface area contributed by atoms with E-state index in [1.165, 1.54) is 0 Å². The zero-order chi connectivity index (χ0) is 20.3. The van der Waals surface area contributed by atoms with E-state index in [0.29, 0.717) is 31.1 Å². The van der Waals surface area contributed by atoms with Crippen LogP contribution in [0.25, 0.3) is 10.9 Å². The molecule has 0 spiro atoms. The minimum absolute atomic E-state index is 0.0511. The largest absolute Gasteiger partial charge is 0.493 e. The van der Waals surface area contributed by atoms with Gasteiger partial charge in [-0.05, 0) is 48.9 Å². The van der Waals surface area contributed by atoms with Gasteiger partial charge in [0.15, 0.2) is 0 Å². The molecule has 0 saturated heterocycles. The van der Waals surface area contributed by atoms with Crippen molar-refractivity contribution in [3.05, 3.63) is 95.9 Å². The molecular weight excluding hydrogens is 376 g/mol. The number of pyridine rings is 2. The van der Waals surface area contributed by atoms with Gasteiger partial charge in [-0.25, -0.2) is 4.98 Å². The van der Waals surface area contributed by atoms with Gasteiger partial charge in [0.25, 0.3) is 0 Å². The number of para-hydroxylation sites is 1. The zero-order valence-electron chi connectivity index (χ0n) is 16.4. The monoisotopic (exact) mass is 398 g/mol. The Morgan fingerprint density at radius 1 is 0.967 bits per heavy atom. The molecule has 2 aromatic heterocycles. The Balaban J connectivity index is 1.30. The first kappa shape index (κ1) is 18.6. The van der Waals surface area contributed by atoms with Crippen LogP contribution in [0.4, 0.5) is 0 Å². The lowest BCUT2D eigenvalue weighted by molar-refractivity contribution is 0.0499. The van der Waals surface area contributed by atoms with Crippen LogP contribution in [0.3, 0.4) is 0 Å². The quantitative estimate of drug-likeness (QED) is 0.536. The molecule has 0 fully saturated rings. The summed E-state index contributed by atoms with van der Waals surface area (Å²) < 4.78 is 11.9. The van der Waals surface area contributed by atoms with E-state index < -0.39 is 6.10 Å². The van der Waals surface area contributed by atoms with Crippen molar-refractivity contribution in [2.24, 2.45) is 5.92 Å². The van der Waals surface area contributed by atoms with Gasteiger partial charge in [-0.15, -0.1) is 0 Å². The highest BCUT2D eigenvalue weighted by atomic mass is 16.5. The normalized spacial score (nSPS) is 17.9. The number of aromatic nitrogens is 2. The fourth-order valence-corrected chi connectivity index (χ4v) is 3.82. The Morgan fingerprint density at radius 2 is 1.87 bits per heavy atom. The molecule has 30 heavy (non-hydrogen) atoms. The molecule has 1 aliphatic rings. The molecule has 2 unspecified atom stereocenters. The van der Waals surface area contributed by atoms with Crippen molar-refractivity contribution in [2.75, 3.05) is 6.61 Å². The Labute approximate surface area is 175 Å². The predicted molar refractivity (Wildman–Crippen MR) is 114 cm³/mol. The molecule has 1 aliphatic heterocycles. The lowest BCUT2D eigenvalue weighted by Gasteiger charge is -2.30. The van der Waals surface area contributed by atoms with Gasteiger partial charge >= 0.3 is 0 Å². The number of aliphatic hydroxyl groups is 1. The summed E-state index contributed by atoms with van der Waals surface area (Å²) in [5, 5.41) is 12.0. The van der Waals surface area contributed by atoms with Crippen LogP contribution < -0.4 is 9.47 Å². The molecule has 4 aromatic rings. The summed E-state index contributed by atoms with van der Waals surface area (Å²) in [7, 11) is 0. The standard InChI is InChI=1S/C25H22N2O3/c28-25-18(13-19-6-3-4-12-26-19)15-30-24-11-10-21(14-22(24)25)29-16-20-9-8-17-5-1-2-7-23(17)27-20/h1-12,14,18,25,28H,13,15-16H2. The summed E-state index contributed by atoms with van der Waals surface area (Å²) in [6.07, 6.45) is 1.80. The summed E-state index contributed by atoms with van der Waals surface area (Å²) in [6, 6.07) is 23.4. The van der Waals surface area contributed by atoms with E-state index in [2.05, 4.69) is 9.97 Å². The van der Waals surface area contributed by atoms with Gasteiger partial charge in [0.2, 0.25) is 0 Å². The number of benzene rings is 2. The third-order valence-corrected chi connectivity index (χ3v) is 5.44. The van der Waals surface area contributed by atoms with Gasteiger partial charge in [0, 0.05) is 28.8 Å². The predicted octanol–water partition coefficient (Wildman–Crippen LogP) is 4.49. The van der Waals surface area contributed by atoms with Crippen LogP contribution in [0, 0.1) is 5.92 Å². The van der Waals surface area contributed by atoms with Crippen molar-refractivity contribution in [1.82, 2.24) is 9.97 Å². The van der Waals surface area contributed by atoms with E-state index >= 15 is 0 Å². The van der Waals surface area contributed by atoms with Crippen molar-refractivity contribution < 1.29 is 14.6 Å². The van der Waals surface area contributed by atoms with E-state index in [0.717, 1.165) is 27.9 Å². The average molecular weight is 398 g/mol. The Kier molecular flexibility index (Phi) is 5.03. The van der Waals surface area contributed by atoms with Crippen LogP contribution in [0.1, 0.15) is 23.1 Å². The second-order valence-electron chi connectivity index (χ2n) is 7.52. The number of rotatable bonds is 5. The summed E-state index contributed by atoms with van der Waals surface area (Å²) >= 11 is 0. The van der Waals surface area contributed by atoms with E-state index in [1.54, 1.807) is 6.20 Å². The molecule has 5 heteroatoms. The maximum atomic E-state index is 10.9. The second-order valence-corrected chi connectivity index (χ2v) is 7.52. The average Bonchev–Trinajstić information content (AvgIpc) is 2.80. The third kappa shape index (κ3) is 3.84. The minimum atomic E-state index is -0.627. The van der Waals surface area contributed by atoms with Crippen molar-refractivity contribution in [3.8, 4) is 11.5 Å². The van der Waals surface area contributed by atoms with Crippen LogP contribution >= 0.6 is 0 Å². The van der Waals surface area contributed by atoms with Crippen LogP contribution in [-0.4, -0.2) is 21.7 Å². The molecule has 0 amide bonds. The summed E-state index contributed by atoms with van der Waals surface area (Å²) in [5.41, 5.74) is 3.51. The Morgan fingerprint density at radius 3 is 2.77 bits per heavy atom. The molecule has 0 aliphatic carbocycles. The first-order chi connectivity index (χ1) is 14.8. The summed E-state index contributed by atoms with van der Waals surface area (Å²) in [4.78, 5) is 9.01. The number of nitrogens with zero attached hydrogens (tertiary/aromatic N) is 2. The molecule has 1 N–H and O–H groups in total. The first-order valence-corrected chi connectivity index (χ1v) is 10.1. The molecule has 5 nitrogen and oxygen atoms in total. The van der Waals surface area contributed by atoms with Gasteiger partial charge in [0.05, 0.1) is 23.9 Å². The van der Waals surface area contributed by atoms with Crippen LogP contribution in [0.15, 0.2) is 79.0 Å². The fraction of sp³-hybridized carbons (Fsp3) is 0.200.